The Labute approximate surface area is 156 Å². The second kappa shape index (κ2) is 7.54. The molecule has 27 heavy (non-hydrogen) atoms. The number of aromatic nitrogens is 2. The number of amides is 2. The van der Waals surface area contributed by atoms with E-state index in [0.717, 1.165) is 16.5 Å². The maximum Gasteiger partial charge on any atom is 0.227 e. The van der Waals surface area contributed by atoms with E-state index in [2.05, 4.69) is 31.8 Å². The largest absolute Gasteiger partial charge is 0.326 e. The van der Waals surface area contributed by atoms with Crippen LogP contribution in [-0.2, 0) is 9.59 Å². The van der Waals surface area contributed by atoms with Gasteiger partial charge in [0.1, 0.15) is 0 Å². The molecule has 0 spiro atoms. The lowest BCUT2D eigenvalue weighted by Gasteiger charge is -2.12. The van der Waals surface area contributed by atoms with Crippen molar-refractivity contribution in [1.29, 1.82) is 0 Å². The van der Waals surface area contributed by atoms with Gasteiger partial charge in [-0.2, -0.15) is 0 Å². The first-order valence-corrected chi connectivity index (χ1v) is 8.13. The standard InChI is InChI=1S/C20H17N5O2/c1-4-14-5-6-19-15(7-14)11-21-20(25-19)24-18-9-16(22-12(2)26)8-17(10-18)23-13(3)27/h1,5-11H,2-3H3,(H,22,26)(H,23,27)(H,21,24,25). The molecule has 0 saturated heterocycles. The Balaban J connectivity index is 1.93. The molecule has 0 radical (unpaired) electrons. The molecule has 3 aromatic rings. The Morgan fingerprint density at radius 3 is 2.19 bits per heavy atom. The number of hydrogen-bond donors (Lipinski definition) is 3. The predicted octanol–water partition coefficient (Wildman–Crippen LogP) is 3.27. The van der Waals surface area contributed by atoms with Gasteiger partial charge in [0.25, 0.3) is 0 Å². The third kappa shape index (κ3) is 4.58. The first-order chi connectivity index (χ1) is 12.9. The Morgan fingerprint density at radius 2 is 1.59 bits per heavy atom. The van der Waals surface area contributed by atoms with E-state index in [1.165, 1.54) is 13.8 Å². The number of carbonyl (C=O) groups is 2. The van der Waals surface area contributed by atoms with E-state index in [1.807, 2.05) is 18.2 Å². The minimum absolute atomic E-state index is 0.216. The molecule has 3 N–H and O–H groups in total. The van der Waals surface area contributed by atoms with Crippen LogP contribution in [0.5, 0.6) is 0 Å². The number of terminal acetylenes is 1. The van der Waals surface area contributed by atoms with Crippen molar-refractivity contribution in [3.8, 4) is 12.3 Å². The van der Waals surface area contributed by atoms with E-state index in [4.69, 9.17) is 6.42 Å². The van der Waals surface area contributed by atoms with Gasteiger partial charge in [-0.15, -0.1) is 6.42 Å². The molecule has 7 heteroatoms. The van der Waals surface area contributed by atoms with Crippen molar-refractivity contribution in [3.63, 3.8) is 0 Å². The van der Waals surface area contributed by atoms with Crippen LogP contribution in [0.4, 0.5) is 23.0 Å². The lowest BCUT2D eigenvalue weighted by atomic mass is 10.1. The summed E-state index contributed by atoms with van der Waals surface area (Å²) >= 11 is 0. The number of nitrogens with zero attached hydrogens (tertiary/aromatic N) is 2. The average Bonchev–Trinajstić information content (AvgIpc) is 2.59. The topological polar surface area (TPSA) is 96.0 Å². The van der Waals surface area contributed by atoms with Gasteiger partial charge in [-0.3, -0.25) is 9.59 Å². The Hall–Kier alpha value is -3.92. The van der Waals surface area contributed by atoms with Crippen molar-refractivity contribution in [2.75, 3.05) is 16.0 Å². The predicted molar refractivity (Wildman–Crippen MR) is 106 cm³/mol. The molecule has 0 aliphatic carbocycles. The van der Waals surface area contributed by atoms with Crippen LogP contribution >= 0.6 is 0 Å². The summed E-state index contributed by atoms with van der Waals surface area (Å²) in [6.07, 6.45) is 7.09. The number of nitrogens with one attached hydrogen (secondary N) is 3. The molecule has 0 aliphatic heterocycles. The van der Waals surface area contributed by atoms with Gasteiger partial charge in [-0.1, -0.05) is 5.92 Å². The van der Waals surface area contributed by atoms with E-state index in [1.54, 1.807) is 24.4 Å². The van der Waals surface area contributed by atoms with E-state index in [-0.39, 0.29) is 11.8 Å². The Kier molecular flexibility index (Phi) is 4.99. The zero-order valence-electron chi connectivity index (χ0n) is 14.8. The minimum atomic E-state index is -0.216. The molecule has 0 bridgehead atoms. The molecule has 0 saturated carbocycles. The molecule has 1 aromatic heterocycles. The molecule has 7 nitrogen and oxygen atoms in total. The Morgan fingerprint density at radius 1 is 0.963 bits per heavy atom. The van der Waals surface area contributed by atoms with Crippen molar-refractivity contribution in [3.05, 3.63) is 48.2 Å². The SMILES string of the molecule is C#Cc1ccc2nc(Nc3cc(NC(C)=O)cc(NC(C)=O)c3)ncc2c1. The van der Waals surface area contributed by atoms with Crippen molar-refractivity contribution < 1.29 is 9.59 Å². The van der Waals surface area contributed by atoms with E-state index in [9.17, 15) is 9.59 Å². The third-order valence-electron chi connectivity index (χ3n) is 3.58. The maximum absolute atomic E-state index is 11.4. The summed E-state index contributed by atoms with van der Waals surface area (Å²) in [5.74, 6) is 2.53. The summed E-state index contributed by atoms with van der Waals surface area (Å²) in [5.41, 5.74) is 3.19. The van der Waals surface area contributed by atoms with Crippen LogP contribution in [0.3, 0.4) is 0 Å². The molecule has 3 rings (SSSR count). The van der Waals surface area contributed by atoms with Gasteiger partial charge in [0.05, 0.1) is 5.52 Å². The second-order valence-electron chi connectivity index (χ2n) is 5.90. The molecule has 0 aliphatic rings. The molecule has 2 aromatic carbocycles. The monoisotopic (exact) mass is 359 g/mol. The first kappa shape index (κ1) is 17.9. The fourth-order valence-corrected chi connectivity index (χ4v) is 2.56. The summed E-state index contributed by atoms with van der Waals surface area (Å²) in [6, 6.07) is 10.6. The van der Waals surface area contributed by atoms with Crippen LogP contribution in [0, 0.1) is 12.3 Å². The van der Waals surface area contributed by atoms with Crippen LogP contribution in [-0.4, -0.2) is 21.8 Å². The smallest absolute Gasteiger partial charge is 0.227 e. The van der Waals surface area contributed by atoms with Crippen molar-refractivity contribution in [2.24, 2.45) is 0 Å². The van der Waals surface area contributed by atoms with Crippen LogP contribution in [0.1, 0.15) is 19.4 Å². The van der Waals surface area contributed by atoms with Crippen molar-refractivity contribution >= 4 is 45.7 Å². The number of benzene rings is 2. The lowest BCUT2D eigenvalue weighted by Crippen LogP contribution is -2.09. The summed E-state index contributed by atoms with van der Waals surface area (Å²) < 4.78 is 0. The molecule has 0 unspecified atom stereocenters. The van der Waals surface area contributed by atoms with Gasteiger partial charge in [-0.25, -0.2) is 9.97 Å². The van der Waals surface area contributed by atoms with Crippen LogP contribution in [0.25, 0.3) is 10.9 Å². The van der Waals surface area contributed by atoms with Crippen LogP contribution in [0.15, 0.2) is 42.6 Å². The highest BCUT2D eigenvalue weighted by Crippen LogP contribution is 2.25. The zero-order valence-corrected chi connectivity index (χ0v) is 14.8. The summed E-state index contributed by atoms with van der Waals surface area (Å²) in [6.45, 7) is 2.82. The van der Waals surface area contributed by atoms with Gasteiger partial charge < -0.3 is 16.0 Å². The first-order valence-electron chi connectivity index (χ1n) is 8.13. The number of rotatable bonds is 4. The van der Waals surface area contributed by atoms with Crippen LogP contribution in [0.2, 0.25) is 0 Å². The van der Waals surface area contributed by atoms with Gasteiger partial charge in [-0.05, 0) is 36.4 Å². The number of hydrogen-bond acceptors (Lipinski definition) is 5. The molecular weight excluding hydrogens is 342 g/mol. The molecule has 0 fully saturated rings. The zero-order chi connectivity index (χ0) is 19.4. The molecule has 0 atom stereocenters. The van der Waals surface area contributed by atoms with Crippen LogP contribution < -0.4 is 16.0 Å². The van der Waals surface area contributed by atoms with Gasteiger partial charge in [0, 0.05) is 48.1 Å². The number of carbonyl (C=O) groups excluding carboxylic acids is 2. The molecular formula is C20H17N5O2. The van der Waals surface area contributed by atoms with E-state index in [0.29, 0.717) is 23.0 Å². The molecule has 2 amide bonds. The number of anilines is 4. The fraction of sp³-hybridized carbons (Fsp3) is 0.100. The third-order valence-corrected chi connectivity index (χ3v) is 3.58. The van der Waals surface area contributed by atoms with E-state index >= 15 is 0 Å². The number of fused-ring (bicyclic) bond motifs is 1. The summed E-state index contributed by atoms with van der Waals surface area (Å²) in [5, 5.41) is 9.32. The normalized spacial score (nSPS) is 10.1. The molecule has 134 valence electrons. The Bertz CT molecular complexity index is 1050. The highest BCUT2D eigenvalue weighted by Gasteiger charge is 2.07. The van der Waals surface area contributed by atoms with Gasteiger partial charge >= 0.3 is 0 Å². The lowest BCUT2D eigenvalue weighted by molar-refractivity contribution is -0.115. The summed E-state index contributed by atoms with van der Waals surface area (Å²) in [7, 11) is 0. The fourth-order valence-electron chi connectivity index (χ4n) is 2.56. The van der Waals surface area contributed by atoms with Crippen molar-refractivity contribution in [2.45, 2.75) is 13.8 Å². The van der Waals surface area contributed by atoms with E-state index < -0.39 is 0 Å². The van der Waals surface area contributed by atoms with Crippen molar-refractivity contribution in [1.82, 2.24) is 9.97 Å². The van der Waals surface area contributed by atoms with Gasteiger partial charge in [0.2, 0.25) is 17.8 Å². The minimum Gasteiger partial charge on any atom is -0.326 e. The highest BCUT2D eigenvalue weighted by molar-refractivity contribution is 5.93. The maximum atomic E-state index is 11.4. The summed E-state index contributed by atoms with van der Waals surface area (Å²) in [4.78, 5) is 31.5. The van der Waals surface area contributed by atoms with Gasteiger partial charge in [0.15, 0.2) is 0 Å². The highest BCUT2D eigenvalue weighted by atomic mass is 16.2. The average molecular weight is 359 g/mol. The second-order valence-corrected chi connectivity index (χ2v) is 5.90. The quantitative estimate of drug-likeness (QED) is 0.621. The molecule has 1 heterocycles.